The second kappa shape index (κ2) is 8.82. The van der Waals surface area contributed by atoms with Crippen LogP contribution in [-0.4, -0.2) is 34.6 Å². The molecule has 30 heavy (non-hydrogen) atoms. The van der Waals surface area contributed by atoms with Crippen molar-refractivity contribution in [1.29, 1.82) is 0 Å². The number of fused-ring (bicyclic) bond motifs is 1. The Morgan fingerprint density at radius 3 is 2.73 bits per heavy atom. The number of carbonyl (C=O) groups is 1. The maximum atomic E-state index is 10.7. The number of aldehydes is 1. The average Bonchev–Trinajstić information content (AvgIpc) is 3.41. The zero-order chi connectivity index (χ0) is 20.9. The topological polar surface area (TPSA) is 90.2 Å². The van der Waals surface area contributed by atoms with E-state index < -0.39 is 0 Å². The normalized spacial score (nSPS) is 11.0. The first-order valence-electron chi connectivity index (χ1n) is 10.0. The standard InChI is InChI=1S/C23H23N3O4/c1-3-28-19-11-10-15(13-20(19)29-4-2)23-25-22(26-30-23)18-9-5-8-17-16(7-6-12-27)14-24-21(17)18/h5,8-14,24H,3-4,6-7H2,1-2H3. The smallest absolute Gasteiger partial charge is 0.258 e. The average molecular weight is 405 g/mol. The molecule has 7 heteroatoms. The van der Waals surface area contributed by atoms with Gasteiger partial charge in [-0.1, -0.05) is 17.3 Å². The third-order valence-electron chi connectivity index (χ3n) is 4.79. The molecule has 2 aromatic carbocycles. The second-order valence-electron chi connectivity index (χ2n) is 6.70. The highest BCUT2D eigenvalue weighted by molar-refractivity contribution is 5.94. The number of nitrogens with zero attached hydrogens (tertiary/aromatic N) is 2. The molecule has 0 unspecified atom stereocenters. The summed E-state index contributed by atoms with van der Waals surface area (Å²) in [6.45, 7) is 4.94. The number of carbonyl (C=O) groups excluding carboxylic acids is 1. The van der Waals surface area contributed by atoms with Crippen molar-refractivity contribution in [2.24, 2.45) is 0 Å². The van der Waals surface area contributed by atoms with Crippen molar-refractivity contribution >= 4 is 17.2 Å². The molecule has 4 aromatic rings. The second-order valence-corrected chi connectivity index (χ2v) is 6.70. The molecule has 7 nitrogen and oxygen atoms in total. The van der Waals surface area contributed by atoms with Crippen molar-refractivity contribution < 1.29 is 18.8 Å². The van der Waals surface area contributed by atoms with Gasteiger partial charge >= 0.3 is 0 Å². The predicted octanol–water partition coefficient (Wildman–Crippen LogP) is 4.81. The van der Waals surface area contributed by atoms with E-state index in [2.05, 4.69) is 15.1 Å². The molecular weight excluding hydrogens is 382 g/mol. The Hall–Kier alpha value is -3.61. The van der Waals surface area contributed by atoms with E-state index in [1.807, 2.05) is 56.4 Å². The fourth-order valence-electron chi connectivity index (χ4n) is 3.45. The summed E-state index contributed by atoms with van der Waals surface area (Å²) in [7, 11) is 0. The van der Waals surface area contributed by atoms with E-state index in [4.69, 9.17) is 14.0 Å². The zero-order valence-electron chi connectivity index (χ0n) is 17.0. The molecule has 154 valence electrons. The van der Waals surface area contributed by atoms with Gasteiger partial charge in [0.1, 0.15) is 6.29 Å². The fourth-order valence-corrected chi connectivity index (χ4v) is 3.45. The van der Waals surface area contributed by atoms with Crippen molar-refractivity contribution in [2.45, 2.75) is 26.7 Å². The van der Waals surface area contributed by atoms with E-state index in [-0.39, 0.29) is 0 Å². The van der Waals surface area contributed by atoms with Crippen molar-refractivity contribution in [3.8, 4) is 34.3 Å². The van der Waals surface area contributed by atoms with E-state index in [9.17, 15) is 4.79 Å². The number of H-pyrrole nitrogens is 1. The van der Waals surface area contributed by atoms with Gasteiger partial charge in [-0.15, -0.1) is 0 Å². The van der Waals surface area contributed by atoms with Crippen LogP contribution in [0, 0.1) is 0 Å². The molecule has 0 radical (unpaired) electrons. The molecule has 0 amide bonds. The van der Waals surface area contributed by atoms with Crippen LogP contribution in [0.3, 0.4) is 0 Å². The molecule has 0 spiro atoms. The lowest BCUT2D eigenvalue weighted by Crippen LogP contribution is -1.98. The molecule has 0 aliphatic heterocycles. The predicted molar refractivity (Wildman–Crippen MR) is 114 cm³/mol. The molecule has 4 rings (SSSR count). The van der Waals surface area contributed by atoms with Crippen LogP contribution in [0.5, 0.6) is 11.5 Å². The monoisotopic (exact) mass is 405 g/mol. The number of para-hydroxylation sites is 1. The number of benzene rings is 2. The van der Waals surface area contributed by atoms with Gasteiger partial charge in [-0.3, -0.25) is 0 Å². The summed E-state index contributed by atoms with van der Waals surface area (Å²) in [5.74, 6) is 2.22. The van der Waals surface area contributed by atoms with E-state index in [1.165, 1.54) is 0 Å². The van der Waals surface area contributed by atoms with Gasteiger partial charge in [-0.05, 0) is 50.1 Å². The Kier molecular flexibility index (Phi) is 5.79. The SMILES string of the molecule is CCOc1ccc(-c2nc(-c3cccc4c(CCC=O)c[nH]c34)no2)cc1OCC. The van der Waals surface area contributed by atoms with Crippen LogP contribution in [-0.2, 0) is 11.2 Å². The summed E-state index contributed by atoms with van der Waals surface area (Å²) in [5.41, 5.74) is 3.62. The number of ether oxygens (including phenoxy) is 2. The van der Waals surface area contributed by atoms with Crippen LogP contribution >= 0.6 is 0 Å². The number of hydrogen-bond acceptors (Lipinski definition) is 6. The first-order chi connectivity index (χ1) is 14.7. The van der Waals surface area contributed by atoms with Gasteiger partial charge in [0.25, 0.3) is 5.89 Å². The maximum absolute atomic E-state index is 10.7. The highest BCUT2D eigenvalue weighted by atomic mass is 16.5. The van der Waals surface area contributed by atoms with E-state index in [0.29, 0.717) is 49.3 Å². The summed E-state index contributed by atoms with van der Waals surface area (Å²) in [6, 6.07) is 11.5. The largest absolute Gasteiger partial charge is 0.490 e. The van der Waals surface area contributed by atoms with Gasteiger partial charge in [-0.25, -0.2) is 0 Å². The Morgan fingerprint density at radius 1 is 1.10 bits per heavy atom. The number of hydrogen-bond donors (Lipinski definition) is 1. The zero-order valence-corrected chi connectivity index (χ0v) is 17.0. The van der Waals surface area contributed by atoms with E-state index in [0.717, 1.165) is 33.9 Å². The first kappa shape index (κ1) is 19.7. The number of rotatable bonds is 9. The Labute approximate surface area is 174 Å². The molecule has 0 aliphatic rings. The number of aryl methyl sites for hydroxylation is 1. The molecule has 0 atom stereocenters. The highest BCUT2D eigenvalue weighted by Gasteiger charge is 2.17. The highest BCUT2D eigenvalue weighted by Crippen LogP contribution is 2.34. The summed E-state index contributed by atoms with van der Waals surface area (Å²) in [5, 5.41) is 5.24. The first-order valence-corrected chi connectivity index (χ1v) is 10.0. The number of nitrogens with one attached hydrogen (secondary N) is 1. The fraction of sp³-hybridized carbons (Fsp3) is 0.261. The van der Waals surface area contributed by atoms with Crippen molar-refractivity contribution in [2.75, 3.05) is 13.2 Å². The molecule has 0 aliphatic carbocycles. The lowest BCUT2D eigenvalue weighted by Gasteiger charge is -2.11. The maximum Gasteiger partial charge on any atom is 0.258 e. The van der Waals surface area contributed by atoms with Crippen LogP contribution in [0.1, 0.15) is 25.8 Å². The Bertz CT molecular complexity index is 1160. The van der Waals surface area contributed by atoms with Crippen LogP contribution in [0.15, 0.2) is 47.1 Å². The van der Waals surface area contributed by atoms with Crippen molar-refractivity contribution in [3.63, 3.8) is 0 Å². The Morgan fingerprint density at radius 2 is 1.93 bits per heavy atom. The van der Waals surface area contributed by atoms with Crippen molar-refractivity contribution in [1.82, 2.24) is 15.1 Å². The van der Waals surface area contributed by atoms with Crippen LogP contribution in [0.4, 0.5) is 0 Å². The molecule has 0 bridgehead atoms. The molecular formula is C23H23N3O4. The van der Waals surface area contributed by atoms with E-state index in [1.54, 1.807) is 0 Å². The van der Waals surface area contributed by atoms with E-state index >= 15 is 0 Å². The lowest BCUT2D eigenvalue weighted by atomic mass is 10.1. The molecule has 2 heterocycles. The number of aromatic amines is 1. The van der Waals surface area contributed by atoms with Crippen molar-refractivity contribution in [3.05, 3.63) is 48.2 Å². The minimum atomic E-state index is 0.402. The summed E-state index contributed by atoms with van der Waals surface area (Å²) in [4.78, 5) is 18.6. The van der Waals surface area contributed by atoms with Gasteiger partial charge in [0.2, 0.25) is 5.82 Å². The van der Waals surface area contributed by atoms with Crippen LogP contribution in [0.2, 0.25) is 0 Å². The van der Waals surface area contributed by atoms with Gasteiger partial charge in [0, 0.05) is 29.1 Å². The quantitative estimate of drug-likeness (QED) is 0.402. The molecule has 2 aromatic heterocycles. The number of aromatic nitrogens is 3. The lowest BCUT2D eigenvalue weighted by molar-refractivity contribution is -0.107. The third-order valence-corrected chi connectivity index (χ3v) is 4.79. The van der Waals surface area contributed by atoms with Gasteiger partial charge in [0.05, 0.1) is 18.7 Å². The summed E-state index contributed by atoms with van der Waals surface area (Å²) < 4.78 is 16.8. The third kappa shape index (κ3) is 3.78. The molecule has 0 fully saturated rings. The van der Waals surface area contributed by atoms with Gasteiger partial charge in [0.15, 0.2) is 11.5 Å². The molecule has 0 saturated carbocycles. The summed E-state index contributed by atoms with van der Waals surface area (Å²) >= 11 is 0. The molecule has 0 saturated heterocycles. The minimum Gasteiger partial charge on any atom is -0.490 e. The van der Waals surface area contributed by atoms with Gasteiger partial charge < -0.3 is 23.8 Å². The van der Waals surface area contributed by atoms with Crippen LogP contribution in [0.25, 0.3) is 33.7 Å². The molecule has 1 N–H and O–H groups in total. The minimum absolute atomic E-state index is 0.402. The van der Waals surface area contributed by atoms with Gasteiger partial charge in [-0.2, -0.15) is 4.98 Å². The Balaban J connectivity index is 1.69. The summed E-state index contributed by atoms with van der Waals surface area (Å²) in [6.07, 6.45) is 4.04. The van der Waals surface area contributed by atoms with Crippen LogP contribution < -0.4 is 9.47 Å².